The second-order valence-corrected chi connectivity index (χ2v) is 4.67. The Kier molecular flexibility index (Phi) is 4.40. The predicted octanol–water partition coefficient (Wildman–Crippen LogP) is 1.10. The molecule has 2 rings (SSSR count). The summed E-state index contributed by atoms with van der Waals surface area (Å²) in [4.78, 5) is 35.1. The van der Waals surface area contributed by atoms with Crippen LogP contribution in [0.4, 0.5) is 4.79 Å². The quantitative estimate of drug-likeness (QED) is 0.817. The number of rotatable bonds is 5. The Morgan fingerprint density at radius 3 is 3.00 bits per heavy atom. The molecule has 2 heterocycles. The van der Waals surface area contributed by atoms with Crippen molar-refractivity contribution in [2.45, 2.75) is 0 Å². The van der Waals surface area contributed by atoms with Crippen LogP contribution in [0.15, 0.2) is 28.9 Å². The first-order valence-corrected chi connectivity index (χ1v) is 6.62. The van der Waals surface area contributed by atoms with Gasteiger partial charge in [-0.3, -0.25) is 19.3 Å². The summed E-state index contributed by atoms with van der Waals surface area (Å²) in [6, 6.07) is 3.45. The SMILES string of the molecule is O=C(/C=C/c1ccco1)NCCN1C(=O)CSC1=O. The summed E-state index contributed by atoms with van der Waals surface area (Å²) in [5.74, 6) is 0.250. The lowest BCUT2D eigenvalue weighted by Gasteiger charge is -2.12. The number of amides is 3. The molecule has 1 aromatic heterocycles. The Bertz CT molecular complexity index is 494. The van der Waals surface area contributed by atoms with Gasteiger partial charge >= 0.3 is 0 Å². The molecular weight excluding hydrogens is 268 g/mol. The van der Waals surface area contributed by atoms with Crippen LogP contribution in [0.25, 0.3) is 6.08 Å². The van der Waals surface area contributed by atoms with Crippen LogP contribution in [0, 0.1) is 0 Å². The number of nitrogens with one attached hydrogen (secondary N) is 1. The third kappa shape index (κ3) is 3.72. The van der Waals surface area contributed by atoms with Gasteiger partial charge in [-0.1, -0.05) is 11.8 Å². The molecule has 0 aliphatic carbocycles. The number of hydrogen-bond acceptors (Lipinski definition) is 5. The zero-order valence-electron chi connectivity index (χ0n) is 10.00. The zero-order valence-corrected chi connectivity index (χ0v) is 10.8. The fourth-order valence-corrected chi connectivity index (χ4v) is 2.24. The van der Waals surface area contributed by atoms with Crippen molar-refractivity contribution in [1.82, 2.24) is 10.2 Å². The molecule has 0 aromatic carbocycles. The van der Waals surface area contributed by atoms with Crippen molar-refractivity contribution in [3.8, 4) is 0 Å². The number of furan rings is 1. The van der Waals surface area contributed by atoms with Crippen molar-refractivity contribution in [3.63, 3.8) is 0 Å². The van der Waals surface area contributed by atoms with Crippen molar-refractivity contribution >= 4 is 34.9 Å². The topological polar surface area (TPSA) is 79.6 Å². The summed E-state index contributed by atoms with van der Waals surface area (Å²) in [5.41, 5.74) is 0. The number of carbonyl (C=O) groups is 3. The van der Waals surface area contributed by atoms with Crippen LogP contribution in [0.5, 0.6) is 0 Å². The van der Waals surface area contributed by atoms with Crippen molar-refractivity contribution in [2.75, 3.05) is 18.8 Å². The van der Waals surface area contributed by atoms with Gasteiger partial charge in [0.1, 0.15) is 5.76 Å². The lowest BCUT2D eigenvalue weighted by molar-refractivity contribution is -0.125. The lowest BCUT2D eigenvalue weighted by Crippen LogP contribution is -2.36. The van der Waals surface area contributed by atoms with Crippen LogP contribution < -0.4 is 5.32 Å². The van der Waals surface area contributed by atoms with E-state index in [9.17, 15) is 14.4 Å². The molecule has 6 nitrogen and oxygen atoms in total. The average Bonchev–Trinajstić information content (AvgIpc) is 3.00. The normalized spacial score (nSPS) is 15.5. The Labute approximate surface area is 113 Å². The van der Waals surface area contributed by atoms with Gasteiger partial charge in [0.2, 0.25) is 11.8 Å². The third-order valence-corrected chi connectivity index (χ3v) is 3.28. The van der Waals surface area contributed by atoms with Crippen molar-refractivity contribution in [2.24, 2.45) is 0 Å². The van der Waals surface area contributed by atoms with Gasteiger partial charge in [0.05, 0.1) is 12.0 Å². The molecule has 1 aromatic rings. The summed E-state index contributed by atoms with van der Waals surface area (Å²) in [6.45, 7) is 0.435. The maximum absolute atomic E-state index is 11.4. The summed E-state index contributed by atoms with van der Waals surface area (Å²) in [6.07, 6.45) is 4.39. The van der Waals surface area contributed by atoms with E-state index in [1.807, 2.05) is 0 Å². The molecule has 0 atom stereocenters. The molecule has 0 unspecified atom stereocenters. The van der Waals surface area contributed by atoms with Crippen LogP contribution in [-0.4, -0.2) is 40.8 Å². The number of hydrogen-bond donors (Lipinski definition) is 1. The first-order chi connectivity index (χ1) is 9.16. The van der Waals surface area contributed by atoms with E-state index in [1.165, 1.54) is 18.4 Å². The van der Waals surface area contributed by atoms with E-state index in [-0.39, 0.29) is 35.9 Å². The molecular formula is C12H12N2O4S. The molecule has 100 valence electrons. The molecule has 19 heavy (non-hydrogen) atoms. The van der Waals surface area contributed by atoms with Gasteiger partial charge in [0.15, 0.2) is 0 Å². The molecule has 0 saturated carbocycles. The predicted molar refractivity (Wildman–Crippen MR) is 70.3 cm³/mol. The Morgan fingerprint density at radius 1 is 1.53 bits per heavy atom. The minimum absolute atomic E-state index is 0.186. The first kappa shape index (κ1) is 13.4. The van der Waals surface area contributed by atoms with Gasteiger partial charge in [-0.25, -0.2) is 0 Å². The van der Waals surface area contributed by atoms with Crippen LogP contribution in [-0.2, 0) is 9.59 Å². The van der Waals surface area contributed by atoms with Crippen molar-refractivity contribution in [1.29, 1.82) is 0 Å². The average molecular weight is 280 g/mol. The second-order valence-electron chi connectivity index (χ2n) is 3.74. The monoisotopic (exact) mass is 280 g/mol. The highest BCUT2D eigenvalue weighted by atomic mass is 32.2. The molecule has 0 spiro atoms. The van der Waals surface area contributed by atoms with Gasteiger partial charge in [-0.2, -0.15) is 0 Å². The van der Waals surface area contributed by atoms with Gasteiger partial charge in [-0.05, 0) is 18.2 Å². The number of carbonyl (C=O) groups excluding carboxylic acids is 3. The number of thioether (sulfide) groups is 1. The van der Waals surface area contributed by atoms with E-state index in [1.54, 1.807) is 12.1 Å². The minimum atomic E-state index is -0.303. The zero-order chi connectivity index (χ0) is 13.7. The number of nitrogens with zero attached hydrogens (tertiary/aromatic N) is 1. The standard InChI is InChI=1S/C12H12N2O4S/c15-10(4-3-9-2-1-7-18-9)13-5-6-14-11(16)8-19-12(14)17/h1-4,7H,5-6,8H2,(H,13,15)/b4-3+. The largest absolute Gasteiger partial charge is 0.465 e. The van der Waals surface area contributed by atoms with Gasteiger partial charge in [0, 0.05) is 19.2 Å². The van der Waals surface area contributed by atoms with Crippen LogP contribution in [0.3, 0.4) is 0 Å². The van der Waals surface area contributed by atoms with E-state index < -0.39 is 0 Å². The summed E-state index contributed by atoms with van der Waals surface area (Å²) < 4.78 is 5.03. The molecule has 7 heteroatoms. The van der Waals surface area contributed by atoms with Crippen molar-refractivity contribution < 1.29 is 18.8 Å². The summed E-state index contributed by atoms with van der Waals surface area (Å²) in [7, 11) is 0. The highest BCUT2D eigenvalue weighted by Crippen LogP contribution is 2.17. The highest BCUT2D eigenvalue weighted by Gasteiger charge is 2.29. The second kappa shape index (κ2) is 6.24. The summed E-state index contributed by atoms with van der Waals surface area (Å²) in [5, 5.41) is 2.33. The molecule has 1 aliphatic rings. The third-order valence-electron chi connectivity index (χ3n) is 2.42. The molecule has 1 N–H and O–H groups in total. The number of imide groups is 1. The Morgan fingerprint density at radius 2 is 2.37 bits per heavy atom. The Balaban J connectivity index is 1.72. The molecule has 0 bridgehead atoms. The van der Waals surface area contributed by atoms with E-state index in [2.05, 4.69) is 5.32 Å². The molecule has 1 fully saturated rings. The van der Waals surface area contributed by atoms with E-state index in [0.717, 1.165) is 16.7 Å². The maximum atomic E-state index is 11.4. The van der Waals surface area contributed by atoms with E-state index in [4.69, 9.17) is 4.42 Å². The fraction of sp³-hybridized carbons (Fsp3) is 0.250. The van der Waals surface area contributed by atoms with Gasteiger partial charge < -0.3 is 9.73 Å². The maximum Gasteiger partial charge on any atom is 0.288 e. The summed E-state index contributed by atoms with van der Waals surface area (Å²) >= 11 is 0.979. The van der Waals surface area contributed by atoms with E-state index >= 15 is 0 Å². The van der Waals surface area contributed by atoms with Crippen LogP contribution >= 0.6 is 11.8 Å². The molecule has 1 aliphatic heterocycles. The Hall–Kier alpha value is -2.02. The van der Waals surface area contributed by atoms with Crippen molar-refractivity contribution in [3.05, 3.63) is 30.2 Å². The van der Waals surface area contributed by atoms with Crippen LogP contribution in [0.1, 0.15) is 5.76 Å². The smallest absolute Gasteiger partial charge is 0.288 e. The lowest BCUT2D eigenvalue weighted by atomic mass is 10.4. The molecule has 3 amide bonds. The first-order valence-electron chi connectivity index (χ1n) is 5.63. The molecule has 1 saturated heterocycles. The van der Waals surface area contributed by atoms with Gasteiger partial charge in [-0.15, -0.1) is 0 Å². The van der Waals surface area contributed by atoms with Crippen LogP contribution in [0.2, 0.25) is 0 Å². The molecule has 0 radical (unpaired) electrons. The van der Waals surface area contributed by atoms with Gasteiger partial charge in [0.25, 0.3) is 5.24 Å². The fourth-order valence-electron chi connectivity index (χ4n) is 1.49. The minimum Gasteiger partial charge on any atom is -0.465 e. The van der Waals surface area contributed by atoms with E-state index in [0.29, 0.717) is 5.76 Å². The highest BCUT2D eigenvalue weighted by molar-refractivity contribution is 8.14.